The van der Waals surface area contributed by atoms with Crippen molar-refractivity contribution >= 4 is 54.6 Å². The Morgan fingerprint density at radius 3 is 2.27 bits per heavy atom. The molecule has 0 fully saturated rings. The number of amides is 1. The number of hydrogen-bond acceptors (Lipinski definition) is 5. The Kier molecular flexibility index (Phi) is 7.22. The molecule has 0 atom stereocenters. The second kappa shape index (κ2) is 10.4. The average molecular weight is 622 g/mol. The molecule has 1 amide bonds. The van der Waals surface area contributed by atoms with Crippen LogP contribution in [0.1, 0.15) is 5.56 Å². The number of fused-ring (bicyclic) bond motifs is 3. The van der Waals surface area contributed by atoms with Gasteiger partial charge >= 0.3 is 6.18 Å². The molecule has 14 heteroatoms. The Morgan fingerprint density at radius 1 is 0.854 bits per heavy atom. The molecule has 0 saturated heterocycles. The van der Waals surface area contributed by atoms with E-state index >= 15 is 0 Å². The lowest BCUT2D eigenvalue weighted by Crippen LogP contribution is -2.40. The molecule has 1 heterocycles. The minimum absolute atomic E-state index is 0.0189. The number of nitrogens with one attached hydrogen (secondary N) is 2. The summed E-state index contributed by atoms with van der Waals surface area (Å²) in [6, 6.07) is 19.6. The summed E-state index contributed by atoms with van der Waals surface area (Å²) in [6.45, 7) is -0.581. The van der Waals surface area contributed by atoms with Gasteiger partial charge in [0.15, 0.2) is 0 Å². The van der Waals surface area contributed by atoms with E-state index in [4.69, 9.17) is 11.6 Å². The molecule has 2 N–H and O–H groups in total. The van der Waals surface area contributed by atoms with E-state index < -0.39 is 44.2 Å². The number of carbonyl (C=O) groups is 1. The minimum atomic E-state index is -4.65. The van der Waals surface area contributed by atoms with Gasteiger partial charge in [0.2, 0.25) is 5.91 Å². The minimum Gasteiger partial charge on any atom is -0.325 e. The van der Waals surface area contributed by atoms with Crippen LogP contribution >= 0.6 is 11.6 Å². The molecule has 0 radical (unpaired) electrons. The number of anilines is 3. The van der Waals surface area contributed by atoms with E-state index in [0.717, 1.165) is 28.6 Å². The quantitative estimate of drug-likeness (QED) is 0.275. The number of hydrogen-bond donors (Lipinski definition) is 2. The van der Waals surface area contributed by atoms with E-state index in [2.05, 4.69) is 10.0 Å². The zero-order chi connectivity index (χ0) is 29.6. The standard InChI is InChI=1S/C27H19ClF3N3O5S2/c28-18-8-13-24-23(15-18)22-6-1-2-7-25(22)41(38,39)34(24)16-26(35)32-19-9-11-21(12-10-19)40(36,37)33-20-5-3-4-17(14-20)27(29,30)31/h1-15,33H,16H2,(H,32,35). The third-order valence-electron chi connectivity index (χ3n) is 6.15. The molecule has 0 bridgehead atoms. The van der Waals surface area contributed by atoms with Crippen LogP contribution < -0.4 is 14.3 Å². The van der Waals surface area contributed by atoms with Gasteiger partial charge in [0.25, 0.3) is 20.0 Å². The van der Waals surface area contributed by atoms with Crippen LogP contribution in [0.4, 0.5) is 30.2 Å². The maximum Gasteiger partial charge on any atom is 0.416 e. The third-order valence-corrected chi connectivity index (χ3v) is 9.60. The normalized spacial score (nSPS) is 14.1. The maximum absolute atomic E-state index is 13.4. The van der Waals surface area contributed by atoms with E-state index in [0.29, 0.717) is 22.2 Å². The van der Waals surface area contributed by atoms with Gasteiger partial charge in [0.05, 0.1) is 21.0 Å². The first-order valence-electron chi connectivity index (χ1n) is 11.8. The average Bonchev–Trinajstić information content (AvgIpc) is 2.91. The molecule has 0 aliphatic carbocycles. The van der Waals surface area contributed by atoms with Crippen LogP contribution in [0, 0.1) is 0 Å². The van der Waals surface area contributed by atoms with Crippen LogP contribution in [0.2, 0.25) is 5.02 Å². The fourth-order valence-electron chi connectivity index (χ4n) is 4.30. The van der Waals surface area contributed by atoms with Crippen molar-refractivity contribution in [3.8, 4) is 11.1 Å². The first-order chi connectivity index (χ1) is 19.3. The lowest BCUT2D eigenvalue weighted by atomic mass is 10.0. The van der Waals surface area contributed by atoms with Gasteiger partial charge in [-0.25, -0.2) is 16.8 Å². The maximum atomic E-state index is 13.4. The second-order valence-electron chi connectivity index (χ2n) is 8.93. The van der Waals surface area contributed by atoms with Crippen LogP contribution in [-0.2, 0) is 31.0 Å². The van der Waals surface area contributed by atoms with Gasteiger partial charge in [-0.3, -0.25) is 13.8 Å². The monoisotopic (exact) mass is 621 g/mol. The van der Waals surface area contributed by atoms with Gasteiger partial charge in [-0.2, -0.15) is 13.2 Å². The first kappa shape index (κ1) is 28.5. The lowest BCUT2D eigenvalue weighted by molar-refractivity contribution is -0.137. The highest BCUT2D eigenvalue weighted by atomic mass is 35.5. The lowest BCUT2D eigenvalue weighted by Gasteiger charge is -2.31. The van der Waals surface area contributed by atoms with Crippen molar-refractivity contribution in [1.29, 1.82) is 0 Å². The molecule has 41 heavy (non-hydrogen) atoms. The molecule has 0 saturated carbocycles. The van der Waals surface area contributed by atoms with Crippen molar-refractivity contribution in [2.45, 2.75) is 16.0 Å². The Bertz CT molecular complexity index is 1880. The summed E-state index contributed by atoms with van der Waals surface area (Å²) in [7, 11) is -8.35. The van der Waals surface area contributed by atoms with E-state index in [1.165, 1.54) is 36.4 Å². The van der Waals surface area contributed by atoms with Gasteiger partial charge in [-0.1, -0.05) is 35.9 Å². The fraction of sp³-hybridized carbons (Fsp3) is 0.0741. The molecule has 5 rings (SSSR count). The highest BCUT2D eigenvalue weighted by Gasteiger charge is 2.36. The molecule has 8 nitrogen and oxygen atoms in total. The summed E-state index contributed by atoms with van der Waals surface area (Å²) in [6.07, 6.45) is -4.65. The van der Waals surface area contributed by atoms with Crippen LogP contribution in [0.5, 0.6) is 0 Å². The van der Waals surface area contributed by atoms with Crippen molar-refractivity contribution in [3.63, 3.8) is 0 Å². The molecular weight excluding hydrogens is 603 g/mol. The van der Waals surface area contributed by atoms with Gasteiger partial charge in [0.1, 0.15) is 6.54 Å². The molecule has 0 aromatic heterocycles. The first-order valence-corrected chi connectivity index (χ1v) is 15.1. The largest absolute Gasteiger partial charge is 0.416 e. The Hall–Kier alpha value is -4.07. The topological polar surface area (TPSA) is 113 Å². The van der Waals surface area contributed by atoms with Gasteiger partial charge < -0.3 is 5.32 Å². The van der Waals surface area contributed by atoms with Gasteiger partial charge in [-0.05, 0) is 66.7 Å². The van der Waals surface area contributed by atoms with E-state index in [9.17, 15) is 34.8 Å². The van der Waals surface area contributed by atoms with Crippen molar-refractivity contribution in [1.82, 2.24) is 0 Å². The molecule has 0 unspecified atom stereocenters. The van der Waals surface area contributed by atoms with E-state index in [1.54, 1.807) is 24.3 Å². The van der Waals surface area contributed by atoms with E-state index in [-0.39, 0.29) is 26.9 Å². The molecule has 1 aliphatic heterocycles. The van der Waals surface area contributed by atoms with Crippen LogP contribution in [0.3, 0.4) is 0 Å². The number of benzene rings is 4. The van der Waals surface area contributed by atoms with Crippen molar-refractivity contribution in [2.24, 2.45) is 0 Å². The molecular formula is C27H19ClF3N3O5S2. The molecule has 1 aliphatic rings. The number of halogens is 4. The predicted octanol–water partition coefficient (Wildman–Crippen LogP) is 5.97. The highest BCUT2D eigenvalue weighted by Crippen LogP contribution is 2.43. The fourth-order valence-corrected chi connectivity index (χ4v) is 7.17. The molecule has 0 spiro atoms. The second-order valence-corrected chi connectivity index (χ2v) is 12.9. The SMILES string of the molecule is O=C(CN1c2ccc(Cl)cc2-c2ccccc2S1(=O)=O)Nc1ccc(S(=O)(=O)Nc2cccc(C(F)(F)F)c2)cc1. The summed E-state index contributed by atoms with van der Waals surface area (Å²) >= 11 is 6.15. The zero-order valence-electron chi connectivity index (χ0n) is 20.7. The zero-order valence-corrected chi connectivity index (χ0v) is 23.1. The Labute approximate surface area is 238 Å². The van der Waals surface area contributed by atoms with Crippen LogP contribution in [-0.4, -0.2) is 29.3 Å². The highest BCUT2D eigenvalue weighted by molar-refractivity contribution is 7.93. The smallest absolute Gasteiger partial charge is 0.325 e. The predicted molar refractivity (Wildman–Crippen MR) is 149 cm³/mol. The number of sulfonamides is 2. The molecule has 4 aromatic rings. The van der Waals surface area contributed by atoms with Crippen LogP contribution in [0.15, 0.2) is 101 Å². The summed E-state index contributed by atoms with van der Waals surface area (Å²) in [4.78, 5) is 12.7. The Balaban J connectivity index is 1.33. The Morgan fingerprint density at radius 2 is 1.56 bits per heavy atom. The summed E-state index contributed by atoms with van der Waals surface area (Å²) < 4.78 is 94.2. The van der Waals surface area contributed by atoms with Crippen molar-refractivity contribution < 1.29 is 34.8 Å². The summed E-state index contributed by atoms with van der Waals surface area (Å²) in [5.74, 6) is -0.702. The van der Waals surface area contributed by atoms with Gasteiger partial charge in [0, 0.05) is 27.5 Å². The van der Waals surface area contributed by atoms with E-state index in [1.807, 2.05) is 0 Å². The number of alkyl halides is 3. The third kappa shape index (κ3) is 5.73. The number of rotatable bonds is 6. The number of nitrogens with zero attached hydrogens (tertiary/aromatic N) is 1. The summed E-state index contributed by atoms with van der Waals surface area (Å²) in [5, 5.41) is 2.92. The number of carbonyl (C=O) groups excluding carboxylic acids is 1. The summed E-state index contributed by atoms with van der Waals surface area (Å²) in [5.41, 5.74) is 0.143. The van der Waals surface area contributed by atoms with Crippen molar-refractivity contribution in [3.05, 3.63) is 102 Å². The van der Waals surface area contributed by atoms with Crippen LogP contribution in [0.25, 0.3) is 11.1 Å². The molecule has 212 valence electrons. The van der Waals surface area contributed by atoms with Gasteiger partial charge in [-0.15, -0.1) is 0 Å². The molecule has 4 aromatic carbocycles. The van der Waals surface area contributed by atoms with Crippen molar-refractivity contribution in [2.75, 3.05) is 20.9 Å².